The lowest BCUT2D eigenvalue weighted by Crippen LogP contribution is -2.48. The summed E-state index contributed by atoms with van der Waals surface area (Å²) in [5.41, 5.74) is 3.18. The maximum absolute atomic E-state index is 13.4. The smallest absolute Gasteiger partial charge is 0.335 e. The summed E-state index contributed by atoms with van der Waals surface area (Å²) in [5.74, 6) is -1.98. The molecule has 202 valence electrons. The Balaban J connectivity index is 0.000000317. The first kappa shape index (κ1) is 30.3. The van der Waals surface area contributed by atoms with E-state index in [9.17, 15) is 9.18 Å². The first-order valence-electron chi connectivity index (χ1n) is 11.6. The molecule has 1 aliphatic rings. The highest BCUT2D eigenvalue weighted by molar-refractivity contribution is 5.72. The quantitative estimate of drug-likeness (QED) is 0.256. The van der Waals surface area contributed by atoms with Crippen molar-refractivity contribution in [1.82, 2.24) is 4.90 Å². The number of carboxylic acids is 1. The summed E-state index contributed by atoms with van der Waals surface area (Å²) in [5, 5.41) is 60.9. The van der Waals surface area contributed by atoms with Crippen molar-refractivity contribution in [3.63, 3.8) is 0 Å². The molecule has 0 aromatic heterocycles. The minimum atomic E-state index is -2.20. The minimum absolute atomic E-state index is 0.250. The third kappa shape index (κ3) is 7.53. The molecule has 0 radical (unpaired) electrons. The summed E-state index contributed by atoms with van der Waals surface area (Å²) >= 11 is 0. The van der Waals surface area contributed by atoms with Gasteiger partial charge in [-0.15, -0.1) is 0 Å². The molecule has 0 saturated carbocycles. The van der Waals surface area contributed by atoms with Crippen molar-refractivity contribution in [3.8, 4) is 6.07 Å². The van der Waals surface area contributed by atoms with Gasteiger partial charge in [-0.05, 0) is 74.4 Å². The summed E-state index contributed by atoms with van der Waals surface area (Å²) in [6.07, 6.45) is -6.06. The van der Waals surface area contributed by atoms with E-state index < -0.39 is 42.6 Å². The molecule has 0 unspecified atom stereocenters. The number of rotatable bonds is 10. The van der Waals surface area contributed by atoms with Crippen LogP contribution in [0.1, 0.15) is 35.1 Å². The predicted octanol–water partition coefficient (Wildman–Crippen LogP) is 0.320. The Morgan fingerprint density at radius 3 is 2.32 bits per heavy atom. The van der Waals surface area contributed by atoms with Crippen LogP contribution < -0.4 is 0 Å². The van der Waals surface area contributed by atoms with Gasteiger partial charge in [-0.2, -0.15) is 5.26 Å². The van der Waals surface area contributed by atoms with Crippen molar-refractivity contribution >= 4 is 5.97 Å². The molecule has 1 aliphatic heterocycles. The number of aliphatic carboxylic acids is 1. The molecular weight excluding hydrogens is 487 g/mol. The van der Waals surface area contributed by atoms with E-state index in [1.807, 2.05) is 32.3 Å². The topological polar surface area (TPSA) is 175 Å². The van der Waals surface area contributed by atoms with E-state index in [2.05, 4.69) is 11.0 Å². The Labute approximate surface area is 214 Å². The Morgan fingerprint density at radius 2 is 1.78 bits per heavy atom. The number of carboxylic acid groups (broad SMARTS) is 1. The van der Waals surface area contributed by atoms with Crippen LogP contribution in [-0.2, 0) is 21.7 Å². The van der Waals surface area contributed by atoms with Crippen molar-refractivity contribution in [3.05, 3.63) is 70.5 Å². The van der Waals surface area contributed by atoms with Gasteiger partial charge in [0, 0.05) is 0 Å². The van der Waals surface area contributed by atoms with Gasteiger partial charge in [0.05, 0.1) is 24.8 Å². The van der Waals surface area contributed by atoms with E-state index in [1.165, 1.54) is 12.1 Å². The average Bonchev–Trinajstić information content (AvgIpc) is 3.25. The maximum atomic E-state index is 13.4. The van der Waals surface area contributed by atoms with Gasteiger partial charge in [0.1, 0.15) is 29.7 Å². The molecule has 10 nitrogen and oxygen atoms in total. The predicted molar refractivity (Wildman–Crippen MR) is 130 cm³/mol. The SMILES string of the molecule is CN(C)CCC[C@@]1(c2ccc(F)cc2)OCc2cc(C#N)ccc21.O=C(O)[C@@H](O)[C@@H](O)[C@@H](O)[C@H](O)CO. The van der Waals surface area contributed by atoms with Crippen molar-refractivity contribution in [1.29, 1.82) is 5.26 Å². The van der Waals surface area contributed by atoms with Crippen LogP contribution in [0.2, 0.25) is 0 Å². The molecule has 3 rings (SSSR count). The number of aliphatic hydroxyl groups excluding tert-OH is 5. The lowest BCUT2D eigenvalue weighted by molar-refractivity contribution is -0.164. The monoisotopic (exact) mass is 520 g/mol. The van der Waals surface area contributed by atoms with Crippen molar-refractivity contribution in [2.45, 2.75) is 49.5 Å². The summed E-state index contributed by atoms with van der Waals surface area (Å²) in [7, 11) is 4.10. The van der Waals surface area contributed by atoms with E-state index in [0.717, 1.165) is 36.1 Å². The van der Waals surface area contributed by atoms with Gasteiger partial charge in [0.25, 0.3) is 0 Å². The number of benzene rings is 2. The number of aliphatic hydroxyl groups is 5. The van der Waals surface area contributed by atoms with E-state index in [4.69, 9.17) is 40.6 Å². The lowest BCUT2D eigenvalue weighted by atomic mass is 9.81. The number of ether oxygens (including phenoxy) is 1. The fourth-order valence-electron chi connectivity index (χ4n) is 4.08. The van der Waals surface area contributed by atoms with Crippen LogP contribution >= 0.6 is 0 Å². The van der Waals surface area contributed by atoms with E-state index in [-0.39, 0.29) is 5.82 Å². The molecule has 1 heterocycles. The van der Waals surface area contributed by atoms with Crippen molar-refractivity contribution in [2.75, 3.05) is 27.2 Å². The van der Waals surface area contributed by atoms with Gasteiger partial charge in [-0.3, -0.25) is 0 Å². The molecule has 11 heteroatoms. The second-order valence-corrected chi connectivity index (χ2v) is 9.03. The Morgan fingerprint density at radius 1 is 1.14 bits per heavy atom. The highest BCUT2D eigenvalue weighted by atomic mass is 19.1. The number of carbonyl (C=O) groups is 1. The van der Waals surface area contributed by atoms with Gasteiger partial charge in [0.2, 0.25) is 0 Å². The molecule has 0 bridgehead atoms. The molecule has 0 fully saturated rings. The van der Waals surface area contributed by atoms with Crippen molar-refractivity contribution < 1.29 is 44.6 Å². The second kappa shape index (κ2) is 13.6. The number of nitriles is 1. The number of fused-ring (bicyclic) bond motifs is 1. The third-order valence-electron chi connectivity index (χ3n) is 6.10. The standard InChI is InChI=1S/C20H21FN2O.C6H12O7/c1-23(2)11-3-10-20(17-5-7-18(21)8-6-17)19-9-4-15(13-22)12-16(19)14-24-20;7-1-2(8)3(9)4(10)5(11)6(12)13/h4-9,12H,3,10-11,14H2,1-2H3;2-5,7-11H,1H2,(H,12,13)/t20-;2-,3+,4+,5+/m01/s1. The molecule has 5 atom stereocenters. The maximum Gasteiger partial charge on any atom is 0.335 e. The van der Waals surface area contributed by atoms with Crippen LogP contribution in [0.25, 0.3) is 0 Å². The molecule has 0 aliphatic carbocycles. The van der Waals surface area contributed by atoms with Gasteiger partial charge < -0.3 is 40.3 Å². The van der Waals surface area contributed by atoms with Gasteiger partial charge in [0.15, 0.2) is 6.10 Å². The average molecular weight is 521 g/mol. The number of halogens is 1. The molecule has 0 saturated heterocycles. The lowest BCUT2D eigenvalue weighted by Gasteiger charge is -2.31. The summed E-state index contributed by atoms with van der Waals surface area (Å²) < 4.78 is 19.6. The molecular formula is C26H33FN2O8. The Kier molecular flexibility index (Phi) is 11.1. The van der Waals surface area contributed by atoms with Crippen molar-refractivity contribution in [2.24, 2.45) is 0 Å². The minimum Gasteiger partial charge on any atom is -0.479 e. The van der Waals surface area contributed by atoms with Gasteiger partial charge in [-0.1, -0.05) is 18.2 Å². The van der Waals surface area contributed by atoms with Crippen LogP contribution in [0.3, 0.4) is 0 Å². The van der Waals surface area contributed by atoms with Crippen LogP contribution in [-0.4, -0.2) is 93.2 Å². The summed E-state index contributed by atoms with van der Waals surface area (Å²) in [4.78, 5) is 12.2. The number of hydrogen-bond acceptors (Lipinski definition) is 9. The highest BCUT2D eigenvalue weighted by Gasteiger charge is 2.41. The fourth-order valence-corrected chi connectivity index (χ4v) is 4.08. The molecule has 6 N–H and O–H groups in total. The molecule has 2 aromatic carbocycles. The van der Waals surface area contributed by atoms with Crippen LogP contribution in [0.5, 0.6) is 0 Å². The molecule has 2 aromatic rings. The zero-order valence-corrected chi connectivity index (χ0v) is 20.7. The zero-order chi connectivity index (χ0) is 27.8. The molecule has 0 amide bonds. The largest absolute Gasteiger partial charge is 0.479 e. The Bertz CT molecular complexity index is 1080. The van der Waals surface area contributed by atoms with Crippen LogP contribution in [0.15, 0.2) is 42.5 Å². The molecule has 0 spiro atoms. The van der Waals surface area contributed by atoms with E-state index in [0.29, 0.717) is 12.2 Å². The zero-order valence-electron chi connectivity index (χ0n) is 20.7. The number of nitrogens with zero attached hydrogens (tertiary/aromatic N) is 2. The summed E-state index contributed by atoms with van der Waals surface area (Å²) in [6.45, 7) is 0.590. The highest BCUT2D eigenvalue weighted by Crippen LogP contribution is 2.45. The third-order valence-corrected chi connectivity index (χ3v) is 6.10. The second-order valence-electron chi connectivity index (χ2n) is 9.03. The van der Waals surface area contributed by atoms with E-state index in [1.54, 1.807) is 12.1 Å². The number of hydrogen-bond donors (Lipinski definition) is 6. The van der Waals surface area contributed by atoms with Gasteiger partial charge >= 0.3 is 5.97 Å². The van der Waals surface area contributed by atoms with Gasteiger partial charge in [-0.25, -0.2) is 9.18 Å². The van der Waals surface area contributed by atoms with Crippen LogP contribution in [0.4, 0.5) is 4.39 Å². The fraction of sp³-hybridized carbons (Fsp3) is 0.462. The normalized spacial score (nSPS) is 19.7. The first-order chi connectivity index (χ1) is 17.5. The molecule has 37 heavy (non-hydrogen) atoms. The summed E-state index contributed by atoms with van der Waals surface area (Å²) in [6, 6.07) is 14.5. The van der Waals surface area contributed by atoms with E-state index >= 15 is 0 Å². The first-order valence-corrected chi connectivity index (χ1v) is 11.6. The Hall–Kier alpha value is -2.95. The van der Waals surface area contributed by atoms with Crippen LogP contribution in [0, 0.1) is 17.1 Å².